The second-order valence-corrected chi connectivity index (χ2v) is 5.57. The van der Waals surface area contributed by atoms with Crippen LogP contribution in [0.2, 0.25) is 0 Å². The number of fused-ring (bicyclic) bond motifs is 2. The summed E-state index contributed by atoms with van der Waals surface area (Å²) in [5.74, 6) is 0.146. The third kappa shape index (κ3) is 2.54. The molecular weight excluding hydrogens is 300 g/mol. The first-order valence-electron chi connectivity index (χ1n) is 7.56. The Morgan fingerprint density at radius 1 is 0.625 bits per heavy atom. The summed E-state index contributed by atoms with van der Waals surface area (Å²) in [7, 11) is 0. The van der Waals surface area contributed by atoms with Crippen LogP contribution in [0.1, 0.15) is 0 Å². The first-order valence-corrected chi connectivity index (χ1v) is 7.56. The molecular formula is C20H14N2O2. The summed E-state index contributed by atoms with van der Waals surface area (Å²) in [5.41, 5.74) is 1.04. The SMILES string of the molecule is Oc1ccc2ccc(O)c(N=Nc3ccc4ccccc4c3)c2c1. The Balaban J connectivity index is 1.81. The maximum atomic E-state index is 10.1. The van der Waals surface area contributed by atoms with E-state index in [0.29, 0.717) is 16.8 Å². The lowest BCUT2D eigenvalue weighted by molar-refractivity contribution is 0.475. The maximum Gasteiger partial charge on any atom is 0.143 e. The van der Waals surface area contributed by atoms with Gasteiger partial charge in [-0.3, -0.25) is 0 Å². The molecule has 4 aromatic carbocycles. The first kappa shape index (κ1) is 14.2. The van der Waals surface area contributed by atoms with Gasteiger partial charge in [-0.2, -0.15) is 5.11 Å². The molecule has 0 aromatic heterocycles. The normalized spacial score (nSPS) is 11.5. The highest BCUT2D eigenvalue weighted by molar-refractivity contribution is 5.96. The van der Waals surface area contributed by atoms with Gasteiger partial charge in [0.1, 0.15) is 17.2 Å². The van der Waals surface area contributed by atoms with Crippen molar-refractivity contribution < 1.29 is 10.2 Å². The third-order valence-electron chi connectivity index (χ3n) is 3.95. The summed E-state index contributed by atoms with van der Waals surface area (Å²) >= 11 is 0. The Morgan fingerprint density at radius 3 is 2.25 bits per heavy atom. The molecule has 0 saturated heterocycles. The van der Waals surface area contributed by atoms with E-state index in [-0.39, 0.29) is 11.5 Å². The standard InChI is InChI=1S/C20H14N2O2/c23-17-9-6-14-7-10-19(24)20(18(14)12-17)22-21-16-8-5-13-3-1-2-4-15(13)11-16/h1-12,23-24H. The molecule has 24 heavy (non-hydrogen) atoms. The van der Waals surface area contributed by atoms with Gasteiger partial charge in [-0.1, -0.05) is 42.5 Å². The van der Waals surface area contributed by atoms with E-state index in [4.69, 9.17) is 0 Å². The van der Waals surface area contributed by atoms with Gasteiger partial charge in [0.2, 0.25) is 0 Å². The van der Waals surface area contributed by atoms with Gasteiger partial charge in [-0.15, -0.1) is 5.11 Å². The van der Waals surface area contributed by atoms with E-state index >= 15 is 0 Å². The molecule has 116 valence electrons. The van der Waals surface area contributed by atoms with Gasteiger partial charge in [-0.25, -0.2) is 0 Å². The van der Waals surface area contributed by atoms with Gasteiger partial charge in [0.15, 0.2) is 0 Å². The van der Waals surface area contributed by atoms with Crippen molar-refractivity contribution in [3.05, 3.63) is 72.8 Å². The van der Waals surface area contributed by atoms with E-state index < -0.39 is 0 Å². The van der Waals surface area contributed by atoms with Crippen LogP contribution in [0.15, 0.2) is 83.0 Å². The Hall–Kier alpha value is -3.40. The molecule has 0 atom stereocenters. The molecule has 0 saturated carbocycles. The summed E-state index contributed by atoms with van der Waals surface area (Å²) in [4.78, 5) is 0. The topological polar surface area (TPSA) is 65.2 Å². The number of phenols is 2. The molecule has 0 aliphatic rings. The fourth-order valence-corrected chi connectivity index (χ4v) is 2.73. The van der Waals surface area contributed by atoms with Crippen molar-refractivity contribution in [1.82, 2.24) is 0 Å². The number of hydrogen-bond acceptors (Lipinski definition) is 4. The summed E-state index contributed by atoms with van der Waals surface area (Å²) in [6.45, 7) is 0. The largest absolute Gasteiger partial charge is 0.508 e. The monoisotopic (exact) mass is 314 g/mol. The van der Waals surface area contributed by atoms with Gasteiger partial charge < -0.3 is 10.2 Å². The van der Waals surface area contributed by atoms with E-state index in [9.17, 15) is 10.2 Å². The summed E-state index contributed by atoms with van der Waals surface area (Å²) in [5, 5.41) is 32.0. The molecule has 4 rings (SSSR count). The number of benzene rings is 4. The Kier molecular flexibility index (Phi) is 3.35. The molecule has 2 N–H and O–H groups in total. The van der Waals surface area contributed by atoms with Crippen LogP contribution < -0.4 is 0 Å². The van der Waals surface area contributed by atoms with Gasteiger partial charge in [0.25, 0.3) is 0 Å². The molecule has 0 aliphatic heterocycles. The Bertz CT molecular complexity index is 1080. The maximum absolute atomic E-state index is 10.1. The van der Waals surface area contributed by atoms with Crippen LogP contribution in [0.3, 0.4) is 0 Å². The minimum Gasteiger partial charge on any atom is -0.508 e. The van der Waals surface area contributed by atoms with Gasteiger partial charge in [0, 0.05) is 5.39 Å². The van der Waals surface area contributed by atoms with Crippen LogP contribution >= 0.6 is 0 Å². The van der Waals surface area contributed by atoms with Crippen LogP contribution in [0, 0.1) is 0 Å². The molecule has 0 heterocycles. The van der Waals surface area contributed by atoms with Crippen LogP contribution in [-0.4, -0.2) is 10.2 Å². The predicted molar refractivity (Wildman–Crippen MR) is 95.4 cm³/mol. The zero-order valence-corrected chi connectivity index (χ0v) is 12.7. The smallest absolute Gasteiger partial charge is 0.143 e. The van der Waals surface area contributed by atoms with Crippen molar-refractivity contribution in [2.45, 2.75) is 0 Å². The second-order valence-electron chi connectivity index (χ2n) is 5.57. The second kappa shape index (κ2) is 5.66. The number of phenolic OH excluding ortho intramolecular Hbond substituents is 2. The lowest BCUT2D eigenvalue weighted by atomic mass is 10.1. The quantitative estimate of drug-likeness (QED) is 0.458. The number of aromatic hydroxyl groups is 2. The molecule has 0 spiro atoms. The van der Waals surface area contributed by atoms with Crippen molar-refractivity contribution in [3.63, 3.8) is 0 Å². The van der Waals surface area contributed by atoms with Crippen molar-refractivity contribution >= 4 is 32.9 Å². The fraction of sp³-hybridized carbons (Fsp3) is 0. The molecule has 0 radical (unpaired) electrons. The molecule has 0 aliphatic carbocycles. The fourth-order valence-electron chi connectivity index (χ4n) is 2.73. The lowest BCUT2D eigenvalue weighted by Gasteiger charge is -2.05. The summed E-state index contributed by atoms with van der Waals surface area (Å²) < 4.78 is 0. The van der Waals surface area contributed by atoms with Crippen LogP contribution in [0.25, 0.3) is 21.5 Å². The van der Waals surface area contributed by atoms with Gasteiger partial charge in [0.05, 0.1) is 5.69 Å². The summed E-state index contributed by atoms with van der Waals surface area (Å²) in [6, 6.07) is 22.1. The molecule has 4 nitrogen and oxygen atoms in total. The van der Waals surface area contributed by atoms with E-state index in [1.165, 1.54) is 0 Å². The van der Waals surface area contributed by atoms with Gasteiger partial charge >= 0.3 is 0 Å². The van der Waals surface area contributed by atoms with E-state index in [0.717, 1.165) is 16.2 Å². The minimum atomic E-state index is 0.0256. The van der Waals surface area contributed by atoms with E-state index in [2.05, 4.69) is 10.2 Å². The van der Waals surface area contributed by atoms with E-state index in [1.807, 2.05) is 42.5 Å². The first-order chi connectivity index (χ1) is 11.7. The molecule has 0 amide bonds. The number of azo groups is 1. The predicted octanol–water partition coefficient (Wildman–Crippen LogP) is 5.82. The van der Waals surface area contributed by atoms with Crippen LogP contribution in [0.5, 0.6) is 11.5 Å². The molecule has 0 unspecified atom stereocenters. The number of rotatable bonds is 2. The molecule has 0 bridgehead atoms. The summed E-state index contributed by atoms with van der Waals surface area (Å²) in [6.07, 6.45) is 0. The Morgan fingerprint density at radius 2 is 1.38 bits per heavy atom. The van der Waals surface area contributed by atoms with Crippen molar-refractivity contribution in [2.24, 2.45) is 10.2 Å². The highest BCUT2D eigenvalue weighted by atomic mass is 16.3. The van der Waals surface area contributed by atoms with Crippen molar-refractivity contribution in [1.29, 1.82) is 0 Å². The molecule has 4 heteroatoms. The average molecular weight is 314 g/mol. The van der Waals surface area contributed by atoms with E-state index in [1.54, 1.807) is 30.3 Å². The highest BCUT2D eigenvalue weighted by Crippen LogP contribution is 2.37. The number of nitrogens with zero attached hydrogens (tertiary/aromatic N) is 2. The highest BCUT2D eigenvalue weighted by Gasteiger charge is 2.07. The minimum absolute atomic E-state index is 0.0256. The lowest BCUT2D eigenvalue weighted by Crippen LogP contribution is -1.76. The third-order valence-corrected chi connectivity index (χ3v) is 3.95. The average Bonchev–Trinajstić information content (AvgIpc) is 2.60. The zero-order chi connectivity index (χ0) is 16.5. The van der Waals surface area contributed by atoms with Crippen molar-refractivity contribution in [2.75, 3.05) is 0 Å². The van der Waals surface area contributed by atoms with Gasteiger partial charge in [-0.05, 0) is 46.5 Å². The molecule has 0 fully saturated rings. The zero-order valence-electron chi connectivity index (χ0n) is 12.7. The van der Waals surface area contributed by atoms with Crippen LogP contribution in [-0.2, 0) is 0 Å². The van der Waals surface area contributed by atoms with Crippen LogP contribution in [0.4, 0.5) is 11.4 Å². The van der Waals surface area contributed by atoms with Crippen molar-refractivity contribution in [3.8, 4) is 11.5 Å². The molecule has 4 aromatic rings. The number of hydrogen-bond donors (Lipinski definition) is 2. The Labute approximate surface area is 138 Å².